The molecule has 1 heterocycles. The van der Waals surface area contributed by atoms with Gasteiger partial charge in [-0.25, -0.2) is 0 Å². The topological polar surface area (TPSA) is 55.8 Å². The molecule has 5 heteroatoms. The number of benzene rings is 1. The summed E-state index contributed by atoms with van der Waals surface area (Å²) in [6, 6.07) is 5.68. The first kappa shape index (κ1) is 12.4. The van der Waals surface area contributed by atoms with Gasteiger partial charge in [0.25, 0.3) is 5.91 Å². The lowest BCUT2D eigenvalue weighted by atomic mass is 10.1. The molecule has 0 bridgehead atoms. The molecule has 0 spiro atoms. The van der Waals surface area contributed by atoms with Crippen LogP contribution in [0.1, 0.15) is 12.5 Å². The molecule has 96 valence electrons. The first-order chi connectivity index (χ1) is 8.58. The van der Waals surface area contributed by atoms with E-state index in [0.717, 1.165) is 17.1 Å². The van der Waals surface area contributed by atoms with Gasteiger partial charge in [-0.15, -0.1) is 0 Å². The maximum Gasteiger partial charge on any atom is 0.289 e. The Kier molecular flexibility index (Phi) is 3.50. The predicted molar refractivity (Wildman–Crippen MR) is 64.6 cm³/mol. The van der Waals surface area contributed by atoms with Crippen LogP contribution in [0.15, 0.2) is 18.2 Å². The highest BCUT2D eigenvalue weighted by molar-refractivity contribution is 6.34. The predicted octanol–water partition coefficient (Wildman–Crippen LogP) is 1.01. The van der Waals surface area contributed by atoms with Gasteiger partial charge in [-0.3, -0.25) is 9.59 Å². The normalized spacial score (nSPS) is 12.3. The van der Waals surface area contributed by atoms with E-state index in [1.807, 2.05) is 18.2 Å². The first-order valence-electron chi connectivity index (χ1n) is 5.72. The van der Waals surface area contributed by atoms with Crippen molar-refractivity contribution in [3.05, 3.63) is 23.8 Å². The summed E-state index contributed by atoms with van der Waals surface area (Å²) in [5, 5.41) is 0. The molecule has 5 nitrogen and oxygen atoms in total. The van der Waals surface area contributed by atoms with Gasteiger partial charge in [0.05, 0.1) is 0 Å². The number of ether oxygens (including phenoxy) is 2. The van der Waals surface area contributed by atoms with Crippen molar-refractivity contribution in [1.82, 2.24) is 4.90 Å². The zero-order chi connectivity index (χ0) is 13.1. The van der Waals surface area contributed by atoms with Gasteiger partial charge in [-0.05, 0) is 24.1 Å². The molecular formula is C13H15NO4. The van der Waals surface area contributed by atoms with Gasteiger partial charge in [-0.1, -0.05) is 6.07 Å². The zero-order valence-corrected chi connectivity index (χ0v) is 10.4. The SMILES string of the molecule is CC(=O)C(=O)N(C)CCc1ccc2c(c1)OCO2. The molecule has 2 rings (SSSR count). The molecule has 18 heavy (non-hydrogen) atoms. The number of likely N-dealkylation sites (N-methyl/N-ethyl adjacent to an activating group) is 1. The van der Waals surface area contributed by atoms with E-state index in [9.17, 15) is 9.59 Å². The van der Waals surface area contributed by atoms with E-state index in [0.29, 0.717) is 13.0 Å². The highest BCUT2D eigenvalue weighted by Gasteiger charge is 2.15. The standard InChI is InChI=1S/C13H15NO4/c1-9(15)13(16)14(2)6-5-10-3-4-11-12(7-10)18-8-17-11/h3-4,7H,5-6,8H2,1-2H3. The molecular weight excluding hydrogens is 234 g/mol. The maximum absolute atomic E-state index is 11.4. The average molecular weight is 249 g/mol. The highest BCUT2D eigenvalue weighted by Crippen LogP contribution is 2.32. The smallest absolute Gasteiger partial charge is 0.289 e. The van der Waals surface area contributed by atoms with Crippen LogP contribution < -0.4 is 9.47 Å². The van der Waals surface area contributed by atoms with Crippen LogP contribution in [-0.4, -0.2) is 37.0 Å². The Bertz CT molecular complexity index is 484. The lowest BCUT2D eigenvalue weighted by molar-refractivity contribution is -0.142. The van der Waals surface area contributed by atoms with Crippen LogP contribution in [0.4, 0.5) is 0 Å². The monoisotopic (exact) mass is 249 g/mol. The number of hydrogen-bond acceptors (Lipinski definition) is 4. The van der Waals surface area contributed by atoms with Gasteiger partial charge in [0.15, 0.2) is 11.5 Å². The molecule has 0 N–H and O–H groups in total. The quantitative estimate of drug-likeness (QED) is 0.747. The Balaban J connectivity index is 1.94. The Morgan fingerprint density at radius 3 is 2.72 bits per heavy atom. The largest absolute Gasteiger partial charge is 0.454 e. The molecule has 1 aliphatic rings. The molecule has 0 radical (unpaired) electrons. The van der Waals surface area contributed by atoms with Crippen LogP contribution in [0.25, 0.3) is 0 Å². The Morgan fingerprint density at radius 1 is 1.28 bits per heavy atom. The molecule has 1 aromatic carbocycles. The van der Waals surface area contributed by atoms with Gasteiger partial charge >= 0.3 is 0 Å². The molecule has 0 fully saturated rings. The van der Waals surface area contributed by atoms with Gasteiger partial charge in [0.1, 0.15) is 0 Å². The minimum absolute atomic E-state index is 0.251. The molecule has 0 saturated heterocycles. The average Bonchev–Trinajstić information content (AvgIpc) is 2.82. The zero-order valence-electron chi connectivity index (χ0n) is 10.4. The van der Waals surface area contributed by atoms with Crippen molar-refractivity contribution in [2.75, 3.05) is 20.4 Å². The van der Waals surface area contributed by atoms with Crippen molar-refractivity contribution >= 4 is 11.7 Å². The van der Waals surface area contributed by atoms with Crippen molar-refractivity contribution in [3.8, 4) is 11.5 Å². The van der Waals surface area contributed by atoms with E-state index in [-0.39, 0.29) is 6.79 Å². The Morgan fingerprint density at radius 2 is 2.00 bits per heavy atom. The number of nitrogens with zero attached hydrogens (tertiary/aromatic N) is 1. The van der Waals surface area contributed by atoms with Crippen LogP contribution >= 0.6 is 0 Å². The lowest BCUT2D eigenvalue weighted by Crippen LogP contribution is -2.33. The van der Waals surface area contributed by atoms with E-state index in [1.54, 1.807) is 7.05 Å². The van der Waals surface area contributed by atoms with E-state index < -0.39 is 11.7 Å². The number of fused-ring (bicyclic) bond motifs is 1. The third kappa shape index (κ3) is 2.61. The second kappa shape index (κ2) is 5.08. The Hall–Kier alpha value is -2.04. The van der Waals surface area contributed by atoms with Crippen molar-refractivity contribution in [2.45, 2.75) is 13.3 Å². The van der Waals surface area contributed by atoms with E-state index in [2.05, 4.69) is 0 Å². The van der Waals surface area contributed by atoms with Gasteiger partial charge in [-0.2, -0.15) is 0 Å². The summed E-state index contributed by atoms with van der Waals surface area (Å²) in [7, 11) is 1.62. The van der Waals surface area contributed by atoms with Gasteiger partial charge < -0.3 is 14.4 Å². The second-order valence-electron chi connectivity index (χ2n) is 4.22. The summed E-state index contributed by atoms with van der Waals surface area (Å²) in [5.74, 6) is 0.568. The fraction of sp³-hybridized carbons (Fsp3) is 0.385. The van der Waals surface area contributed by atoms with Crippen LogP contribution in [0.3, 0.4) is 0 Å². The van der Waals surface area contributed by atoms with E-state index in [1.165, 1.54) is 11.8 Å². The van der Waals surface area contributed by atoms with Crippen LogP contribution in [0, 0.1) is 0 Å². The summed E-state index contributed by atoms with van der Waals surface area (Å²) in [4.78, 5) is 23.7. The number of rotatable bonds is 4. The highest BCUT2D eigenvalue weighted by atomic mass is 16.7. The number of Topliss-reactive ketones (excluding diaryl/α,β-unsaturated/α-hetero) is 1. The Labute approximate surface area is 105 Å². The molecule has 0 atom stereocenters. The molecule has 0 saturated carbocycles. The first-order valence-corrected chi connectivity index (χ1v) is 5.72. The van der Waals surface area contributed by atoms with Crippen LogP contribution in [0.5, 0.6) is 11.5 Å². The van der Waals surface area contributed by atoms with Crippen LogP contribution in [0.2, 0.25) is 0 Å². The molecule has 1 amide bonds. The third-order valence-corrected chi connectivity index (χ3v) is 2.82. The number of carbonyl (C=O) groups is 2. The number of amides is 1. The number of hydrogen-bond donors (Lipinski definition) is 0. The number of carbonyl (C=O) groups excluding carboxylic acids is 2. The minimum atomic E-state index is -0.462. The molecule has 0 aromatic heterocycles. The van der Waals surface area contributed by atoms with Gasteiger partial charge in [0.2, 0.25) is 12.6 Å². The fourth-order valence-electron chi connectivity index (χ4n) is 1.76. The van der Waals surface area contributed by atoms with Crippen molar-refractivity contribution < 1.29 is 19.1 Å². The summed E-state index contributed by atoms with van der Waals surface area (Å²) in [6.45, 7) is 2.03. The molecule has 0 aliphatic carbocycles. The molecule has 1 aliphatic heterocycles. The van der Waals surface area contributed by atoms with Gasteiger partial charge in [0, 0.05) is 20.5 Å². The van der Waals surface area contributed by atoms with Crippen LogP contribution in [-0.2, 0) is 16.0 Å². The summed E-state index contributed by atoms with van der Waals surface area (Å²) in [6.07, 6.45) is 0.673. The minimum Gasteiger partial charge on any atom is -0.454 e. The fourth-order valence-corrected chi connectivity index (χ4v) is 1.76. The van der Waals surface area contributed by atoms with E-state index >= 15 is 0 Å². The third-order valence-electron chi connectivity index (χ3n) is 2.82. The van der Waals surface area contributed by atoms with Crippen molar-refractivity contribution in [1.29, 1.82) is 0 Å². The maximum atomic E-state index is 11.4. The molecule has 0 unspecified atom stereocenters. The lowest BCUT2D eigenvalue weighted by Gasteiger charge is -2.15. The van der Waals surface area contributed by atoms with Crippen molar-refractivity contribution in [3.63, 3.8) is 0 Å². The molecule has 1 aromatic rings. The summed E-state index contributed by atoms with van der Waals surface area (Å²) < 4.78 is 10.5. The second-order valence-corrected chi connectivity index (χ2v) is 4.22. The number of ketones is 1. The summed E-state index contributed by atoms with van der Waals surface area (Å²) >= 11 is 0. The van der Waals surface area contributed by atoms with Crippen molar-refractivity contribution in [2.24, 2.45) is 0 Å². The summed E-state index contributed by atoms with van der Waals surface area (Å²) in [5.41, 5.74) is 1.04. The van der Waals surface area contributed by atoms with E-state index in [4.69, 9.17) is 9.47 Å².